The van der Waals surface area contributed by atoms with Crippen molar-refractivity contribution in [3.05, 3.63) is 17.5 Å². The first kappa shape index (κ1) is 13.3. The zero-order valence-electron chi connectivity index (χ0n) is 11.6. The van der Waals surface area contributed by atoms with Gasteiger partial charge >= 0.3 is 0 Å². The summed E-state index contributed by atoms with van der Waals surface area (Å²) in [6.07, 6.45) is 5.03. The maximum absolute atomic E-state index is 4.68. The molecule has 1 aliphatic heterocycles. The van der Waals surface area contributed by atoms with Crippen molar-refractivity contribution in [2.75, 3.05) is 24.5 Å². The Morgan fingerprint density at radius 2 is 2.00 bits per heavy atom. The van der Waals surface area contributed by atoms with Gasteiger partial charge in [-0.1, -0.05) is 6.92 Å². The summed E-state index contributed by atoms with van der Waals surface area (Å²) in [4.78, 5) is 11.6. The van der Waals surface area contributed by atoms with Gasteiger partial charge in [0.1, 0.15) is 0 Å². The number of anilines is 1. The molecule has 0 bridgehead atoms. The van der Waals surface area contributed by atoms with Crippen LogP contribution in [0.5, 0.6) is 0 Å². The smallest absolute Gasteiger partial charge is 0.225 e. The number of nitrogens with zero attached hydrogens (tertiary/aromatic N) is 3. The molecular weight excluding hydrogens is 224 g/mol. The number of rotatable bonds is 5. The van der Waals surface area contributed by atoms with Crippen molar-refractivity contribution < 1.29 is 0 Å². The fourth-order valence-corrected chi connectivity index (χ4v) is 2.34. The molecule has 0 aromatic carbocycles. The SMILES string of the molecule is CCCNCc1cc(C)nc(N2CCCCC2)n1. The predicted octanol–water partition coefficient (Wildman–Crippen LogP) is 2.27. The van der Waals surface area contributed by atoms with Crippen molar-refractivity contribution in [2.45, 2.75) is 46.1 Å². The number of hydrogen-bond acceptors (Lipinski definition) is 4. The van der Waals surface area contributed by atoms with E-state index in [2.05, 4.69) is 40.1 Å². The number of aryl methyl sites for hydroxylation is 1. The van der Waals surface area contributed by atoms with E-state index in [4.69, 9.17) is 0 Å². The van der Waals surface area contributed by atoms with Gasteiger partial charge in [0.2, 0.25) is 5.95 Å². The van der Waals surface area contributed by atoms with E-state index in [-0.39, 0.29) is 0 Å². The van der Waals surface area contributed by atoms with Gasteiger partial charge in [-0.05, 0) is 45.2 Å². The second-order valence-corrected chi connectivity index (χ2v) is 5.03. The van der Waals surface area contributed by atoms with Gasteiger partial charge in [-0.3, -0.25) is 0 Å². The van der Waals surface area contributed by atoms with E-state index in [1.165, 1.54) is 19.3 Å². The normalized spacial score (nSPS) is 16.0. The van der Waals surface area contributed by atoms with E-state index < -0.39 is 0 Å². The summed E-state index contributed by atoms with van der Waals surface area (Å²) in [7, 11) is 0. The van der Waals surface area contributed by atoms with Gasteiger partial charge in [0.05, 0.1) is 5.69 Å². The summed E-state index contributed by atoms with van der Waals surface area (Å²) < 4.78 is 0. The third-order valence-corrected chi connectivity index (χ3v) is 3.27. The summed E-state index contributed by atoms with van der Waals surface area (Å²) in [5, 5.41) is 3.40. The van der Waals surface area contributed by atoms with Gasteiger partial charge < -0.3 is 10.2 Å². The van der Waals surface area contributed by atoms with Gasteiger partial charge in [-0.2, -0.15) is 0 Å². The lowest BCUT2D eigenvalue weighted by Crippen LogP contribution is -2.31. The van der Waals surface area contributed by atoms with Crippen LogP contribution in [0.2, 0.25) is 0 Å². The number of piperidine rings is 1. The number of nitrogens with one attached hydrogen (secondary N) is 1. The Balaban J connectivity index is 2.05. The summed E-state index contributed by atoms with van der Waals surface area (Å²) in [6, 6.07) is 2.08. The molecule has 2 rings (SSSR count). The minimum absolute atomic E-state index is 0.845. The summed E-state index contributed by atoms with van der Waals surface area (Å²) in [5.41, 5.74) is 2.18. The molecule has 1 N–H and O–H groups in total. The lowest BCUT2D eigenvalue weighted by atomic mass is 10.1. The van der Waals surface area contributed by atoms with Crippen molar-refractivity contribution in [2.24, 2.45) is 0 Å². The van der Waals surface area contributed by atoms with E-state index in [1.54, 1.807) is 0 Å². The van der Waals surface area contributed by atoms with Gasteiger partial charge in [0.25, 0.3) is 0 Å². The molecule has 0 aliphatic carbocycles. The molecule has 4 heteroatoms. The fourth-order valence-electron chi connectivity index (χ4n) is 2.34. The summed E-state index contributed by atoms with van der Waals surface area (Å²) in [5.74, 6) is 0.919. The highest BCUT2D eigenvalue weighted by Gasteiger charge is 2.14. The van der Waals surface area contributed by atoms with Crippen LogP contribution in [0.25, 0.3) is 0 Å². The average molecular weight is 248 g/mol. The minimum atomic E-state index is 0.845. The monoisotopic (exact) mass is 248 g/mol. The molecule has 0 amide bonds. The standard InChI is InChI=1S/C14H24N4/c1-3-7-15-11-13-10-12(2)16-14(17-13)18-8-5-4-6-9-18/h10,15H,3-9,11H2,1-2H3. The van der Waals surface area contributed by atoms with Gasteiger partial charge in [-0.25, -0.2) is 9.97 Å². The van der Waals surface area contributed by atoms with Crippen molar-refractivity contribution in [3.8, 4) is 0 Å². The molecule has 0 atom stereocenters. The lowest BCUT2D eigenvalue weighted by molar-refractivity contribution is 0.565. The number of aromatic nitrogens is 2. The van der Waals surface area contributed by atoms with Crippen molar-refractivity contribution in [1.29, 1.82) is 0 Å². The maximum atomic E-state index is 4.68. The summed E-state index contributed by atoms with van der Waals surface area (Å²) >= 11 is 0. The van der Waals surface area contributed by atoms with E-state index in [9.17, 15) is 0 Å². The first-order chi connectivity index (χ1) is 8.79. The minimum Gasteiger partial charge on any atom is -0.341 e. The Morgan fingerprint density at radius 1 is 1.22 bits per heavy atom. The Labute approximate surface area is 110 Å². The first-order valence-electron chi connectivity index (χ1n) is 7.10. The van der Waals surface area contributed by atoms with Gasteiger partial charge in [0.15, 0.2) is 0 Å². The molecule has 4 nitrogen and oxygen atoms in total. The second kappa shape index (κ2) is 6.69. The topological polar surface area (TPSA) is 41.1 Å². The second-order valence-electron chi connectivity index (χ2n) is 5.03. The van der Waals surface area contributed by atoms with E-state index in [0.29, 0.717) is 0 Å². The van der Waals surface area contributed by atoms with Crippen LogP contribution < -0.4 is 10.2 Å². The zero-order valence-corrected chi connectivity index (χ0v) is 11.6. The Hall–Kier alpha value is -1.16. The Kier molecular flexibility index (Phi) is 4.93. The highest BCUT2D eigenvalue weighted by Crippen LogP contribution is 2.16. The number of hydrogen-bond donors (Lipinski definition) is 1. The van der Waals surface area contributed by atoms with E-state index in [0.717, 1.165) is 49.9 Å². The molecule has 1 saturated heterocycles. The maximum Gasteiger partial charge on any atom is 0.225 e. The molecule has 1 aromatic rings. The van der Waals surface area contributed by atoms with Crippen molar-refractivity contribution in [1.82, 2.24) is 15.3 Å². The van der Waals surface area contributed by atoms with Crippen LogP contribution in [-0.2, 0) is 6.54 Å². The summed E-state index contributed by atoms with van der Waals surface area (Å²) in [6.45, 7) is 8.33. The van der Waals surface area contributed by atoms with Gasteiger partial charge in [0, 0.05) is 25.3 Å². The van der Waals surface area contributed by atoms with Crippen LogP contribution in [0, 0.1) is 6.92 Å². The van der Waals surface area contributed by atoms with Crippen molar-refractivity contribution >= 4 is 5.95 Å². The lowest BCUT2D eigenvalue weighted by Gasteiger charge is -2.27. The van der Waals surface area contributed by atoms with Crippen LogP contribution in [0.15, 0.2) is 6.07 Å². The van der Waals surface area contributed by atoms with Crippen molar-refractivity contribution in [3.63, 3.8) is 0 Å². The molecular formula is C14H24N4. The largest absolute Gasteiger partial charge is 0.341 e. The molecule has 100 valence electrons. The molecule has 0 unspecified atom stereocenters. The molecule has 0 radical (unpaired) electrons. The Morgan fingerprint density at radius 3 is 2.72 bits per heavy atom. The molecule has 2 heterocycles. The zero-order chi connectivity index (χ0) is 12.8. The quantitative estimate of drug-likeness (QED) is 0.812. The van der Waals surface area contributed by atoms with Crippen LogP contribution in [0.1, 0.15) is 44.0 Å². The van der Waals surface area contributed by atoms with Crippen LogP contribution in [0.3, 0.4) is 0 Å². The highest BCUT2D eigenvalue weighted by molar-refractivity contribution is 5.32. The molecule has 1 aliphatic rings. The van der Waals surface area contributed by atoms with Crippen LogP contribution in [0.4, 0.5) is 5.95 Å². The van der Waals surface area contributed by atoms with Crippen LogP contribution in [-0.4, -0.2) is 29.6 Å². The third-order valence-electron chi connectivity index (χ3n) is 3.27. The van der Waals surface area contributed by atoms with Crippen LogP contribution >= 0.6 is 0 Å². The molecule has 1 fully saturated rings. The average Bonchev–Trinajstić information content (AvgIpc) is 2.39. The molecule has 1 aromatic heterocycles. The molecule has 0 saturated carbocycles. The molecule has 0 spiro atoms. The van der Waals surface area contributed by atoms with Gasteiger partial charge in [-0.15, -0.1) is 0 Å². The highest BCUT2D eigenvalue weighted by atomic mass is 15.3. The Bertz CT molecular complexity index is 372. The van der Waals surface area contributed by atoms with E-state index >= 15 is 0 Å². The predicted molar refractivity (Wildman–Crippen MR) is 74.8 cm³/mol. The molecule has 18 heavy (non-hydrogen) atoms. The van der Waals surface area contributed by atoms with E-state index in [1.807, 2.05) is 0 Å². The fraction of sp³-hybridized carbons (Fsp3) is 0.714. The first-order valence-corrected chi connectivity index (χ1v) is 7.10. The third kappa shape index (κ3) is 3.67.